The van der Waals surface area contributed by atoms with Crippen LogP contribution in [-0.2, 0) is 4.79 Å². The average molecular weight is 234 g/mol. The lowest BCUT2D eigenvalue weighted by Gasteiger charge is -2.22. The maximum absolute atomic E-state index is 11.1. The molecule has 3 nitrogen and oxygen atoms in total. The molecule has 3 heteroatoms. The molecular formula is C14H22N2O. The summed E-state index contributed by atoms with van der Waals surface area (Å²) >= 11 is 0. The van der Waals surface area contributed by atoms with Crippen LogP contribution in [0.4, 0.5) is 0 Å². The van der Waals surface area contributed by atoms with Crippen molar-refractivity contribution in [3.05, 3.63) is 34.4 Å². The van der Waals surface area contributed by atoms with E-state index < -0.39 is 0 Å². The van der Waals surface area contributed by atoms with E-state index in [1.807, 2.05) is 6.92 Å². The molecule has 0 fully saturated rings. The molecule has 0 aliphatic rings. The second kappa shape index (κ2) is 5.82. The van der Waals surface area contributed by atoms with Gasteiger partial charge in [-0.1, -0.05) is 24.6 Å². The molecule has 1 atom stereocenters. The van der Waals surface area contributed by atoms with E-state index >= 15 is 0 Å². The summed E-state index contributed by atoms with van der Waals surface area (Å²) in [5.41, 5.74) is 10.2. The maximum atomic E-state index is 11.1. The van der Waals surface area contributed by atoms with Crippen LogP contribution in [0.2, 0.25) is 0 Å². The van der Waals surface area contributed by atoms with Crippen molar-refractivity contribution in [2.75, 3.05) is 6.54 Å². The van der Waals surface area contributed by atoms with Gasteiger partial charge in [-0.05, 0) is 44.0 Å². The van der Waals surface area contributed by atoms with Gasteiger partial charge in [-0.2, -0.15) is 0 Å². The minimum absolute atomic E-state index is 0.0260. The minimum atomic E-state index is -0.268. The van der Waals surface area contributed by atoms with Gasteiger partial charge in [-0.15, -0.1) is 0 Å². The largest absolute Gasteiger partial charge is 0.370 e. The van der Waals surface area contributed by atoms with Crippen LogP contribution in [0.25, 0.3) is 0 Å². The summed E-state index contributed by atoms with van der Waals surface area (Å²) in [6.45, 7) is 9.11. The van der Waals surface area contributed by atoms with Crippen molar-refractivity contribution in [2.45, 2.75) is 40.2 Å². The van der Waals surface area contributed by atoms with Crippen molar-refractivity contribution in [3.8, 4) is 0 Å². The molecule has 0 aliphatic heterocycles. The Morgan fingerprint density at radius 1 is 1.29 bits per heavy atom. The van der Waals surface area contributed by atoms with Crippen molar-refractivity contribution in [3.63, 3.8) is 0 Å². The normalized spacial score (nSPS) is 12.5. The van der Waals surface area contributed by atoms with Crippen LogP contribution in [0.3, 0.4) is 0 Å². The maximum Gasteiger partial charge on any atom is 0.219 e. The van der Waals surface area contributed by atoms with E-state index in [9.17, 15) is 4.79 Å². The third-order valence-corrected chi connectivity index (χ3v) is 2.94. The summed E-state index contributed by atoms with van der Waals surface area (Å²) in [6.07, 6.45) is 0.346. The number of benzene rings is 1. The molecule has 0 spiro atoms. The van der Waals surface area contributed by atoms with E-state index in [-0.39, 0.29) is 11.9 Å². The zero-order valence-electron chi connectivity index (χ0n) is 11.1. The van der Waals surface area contributed by atoms with E-state index in [0.717, 1.165) is 6.54 Å². The Morgan fingerprint density at radius 2 is 1.82 bits per heavy atom. The van der Waals surface area contributed by atoms with Crippen molar-refractivity contribution in [1.82, 2.24) is 5.32 Å². The molecule has 17 heavy (non-hydrogen) atoms. The number of aryl methyl sites for hydroxylation is 3. The highest BCUT2D eigenvalue weighted by Crippen LogP contribution is 2.25. The molecule has 1 rings (SSSR count). The summed E-state index contributed by atoms with van der Waals surface area (Å²) < 4.78 is 0. The summed E-state index contributed by atoms with van der Waals surface area (Å²) in [5, 5.41) is 3.33. The zero-order valence-corrected chi connectivity index (χ0v) is 11.1. The fourth-order valence-electron chi connectivity index (χ4n) is 2.46. The zero-order chi connectivity index (χ0) is 13.0. The fraction of sp³-hybridized carbons (Fsp3) is 0.500. The Labute approximate surface area is 103 Å². The first-order valence-corrected chi connectivity index (χ1v) is 6.05. The Morgan fingerprint density at radius 3 is 2.24 bits per heavy atom. The smallest absolute Gasteiger partial charge is 0.219 e. The molecule has 0 saturated heterocycles. The summed E-state index contributed by atoms with van der Waals surface area (Å²) in [6, 6.07) is 4.32. The molecule has 1 amide bonds. The van der Waals surface area contributed by atoms with Gasteiger partial charge in [0, 0.05) is 12.5 Å². The lowest BCUT2D eigenvalue weighted by Crippen LogP contribution is -2.27. The number of carbonyl (C=O) groups excluding carboxylic acids is 1. The van der Waals surface area contributed by atoms with Gasteiger partial charge in [0.05, 0.1) is 0 Å². The standard InChI is InChI=1S/C14H22N2O/c1-5-16-12(8-13(15)17)14-10(3)6-9(2)7-11(14)4/h6-7,12,16H,5,8H2,1-4H3,(H2,15,17). The molecular weight excluding hydrogens is 212 g/mol. The molecule has 1 aromatic carbocycles. The molecule has 0 heterocycles. The van der Waals surface area contributed by atoms with E-state index in [2.05, 4.69) is 38.2 Å². The van der Waals surface area contributed by atoms with E-state index in [1.54, 1.807) is 0 Å². The Balaban J connectivity index is 3.13. The summed E-state index contributed by atoms with van der Waals surface area (Å²) in [5.74, 6) is -0.268. The Bertz CT molecular complexity index is 390. The first-order valence-electron chi connectivity index (χ1n) is 6.05. The van der Waals surface area contributed by atoms with Gasteiger partial charge in [0.25, 0.3) is 0 Å². The van der Waals surface area contributed by atoms with Gasteiger partial charge in [-0.25, -0.2) is 0 Å². The number of nitrogens with two attached hydrogens (primary N) is 1. The topological polar surface area (TPSA) is 55.1 Å². The molecule has 0 saturated carbocycles. The molecule has 0 aliphatic carbocycles. The highest BCUT2D eigenvalue weighted by molar-refractivity contribution is 5.74. The van der Waals surface area contributed by atoms with Crippen molar-refractivity contribution >= 4 is 5.91 Å². The number of carbonyl (C=O) groups is 1. The Hall–Kier alpha value is -1.35. The van der Waals surface area contributed by atoms with Gasteiger partial charge in [-0.3, -0.25) is 4.79 Å². The third-order valence-electron chi connectivity index (χ3n) is 2.94. The second-order valence-electron chi connectivity index (χ2n) is 4.59. The van der Waals surface area contributed by atoms with Crippen LogP contribution >= 0.6 is 0 Å². The number of nitrogens with one attached hydrogen (secondary N) is 1. The van der Waals surface area contributed by atoms with E-state index in [4.69, 9.17) is 5.73 Å². The predicted molar refractivity (Wildman–Crippen MR) is 70.9 cm³/mol. The van der Waals surface area contributed by atoms with Gasteiger partial charge < -0.3 is 11.1 Å². The number of hydrogen-bond acceptors (Lipinski definition) is 2. The molecule has 0 radical (unpaired) electrons. The summed E-state index contributed by atoms with van der Waals surface area (Å²) in [7, 11) is 0. The fourth-order valence-corrected chi connectivity index (χ4v) is 2.46. The van der Waals surface area contributed by atoms with Gasteiger partial charge >= 0.3 is 0 Å². The number of hydrogen-bond donors (Lipinski definition) is 2. The first-order chi connectivity index (χ1) is 7.95. The molecule has 1 aromatic rings. The first kappa shape index (κ1) is 13.7. The molecule has 3 N–H and O–H groups in total. The van der Waals surface area contributed by atoms with Gasteiger partial charge in [0.15, 0.2) is 0 Å². The van der Waals surface area contributed by atoms with E-state index in [1.165, 1.54) is 22.3 Å². The van der Waals surface area contributed by atoms with Crippen LogP contribution in [-0.4, -0.2) is 12.5 Å². The average Bonchev–Trinajstić information content (AvgIpc) is 2.14. The monoisotopic (exact) mass is 234 g/mol. The van der Waals surface area contributed by atoms with Gasteiger partial charge in [0.2, 0.25) is 5.91 Å². The van der Waals surface area contributed by atoms with Crippen LogP contribution in [0, 0.1) is 20.8 Å². The van der Waals surface area contributed by atoms with E-state index in [0.29, 0.717) is 6.42 Å². The lowest BCUT2D eigenvalue weighted by atomic mass is 9.92. The molecule has 1 unspecified atom stereocenters. The number of rotatable bonds is 5. The SMILES string of the molecule is CCNC(CC(N)=O)c1c(C)cc(C)cc1C. The van der Waals surface area contributed by atoms with Crippen LogP contribution in [0.1, 0.15) is 41.6 Å². The second-order valence-corrected chi connectivity index (χ2v) is 4.59. The lowest BCUT2D eigenvalue weighted by molar-refractivity contribution is -0.118. The van der Waals surface area contributed by atoms with Crippen LogP contribution in [0.5, 0.6) is 0 Å². The molecule has 0 aromatic heterocycles. The van der Waals surface area contributed by atoms with Gasteiger partial charge in [0.1, 0.15) is 0 Å². The minimum Gasteiger partial charge on any atom is -0.370 e. The molecule has 94 valence electrons. The molecule has 0 bridgehead atoms. The van der Waals surface area contributed by atoms with Crippen molar-refractivity contribution < 1.29 is 4.79 Å². The van der Waals surface area contributed by atoms with Crippen LogP contribution < -0.4 is 11.1 Å². The number of primary amides is 1. The van der Waals surface area contributed by atoms with Crippen molar-refractivity contribution in [1.29, 1.82) is 0 Å². The highest BCUT2D eigenvalue weighted by atomic mass is 16.1. The Kier molecular flexibility index (Phi) is 4.70. The third kappa shape index (κ3) is 3.56. The number of amides is 1. The summed E-state index contributed by atoms with van der Waals surface area (Å²) in [4.78, 5) is 11.1. The van der Waals surface area contributed by atoms with Crippen LogP contribution in [0.15, 0.2) is 12.1 Å². The van der Waals surface area contributed by atoms with Crippen molar-refractivity contribution in [2.24, 2.45) is 5.73 Å². The predicted octanol–water partition coefficient (Wildman–Crippen LogP) is 2.14. The quantitative estimate of drug-likeness (QED) is 0.820. The highest BCUT2D eigenvalue weighted by Gasteiger charge is 2.17.